The van der Waals surface area contributed by atoms with Crippen LogP contribution >= 0.6 is 35.0 Å². The number of benzene rings is 1. The van der Waals surface area contributed by atoms with Crippen molar-refractivity contribution in [3.63, 3.8) is 0 Å². The van der Waals surface area contributed by atoms with Gasteiger partial charge >= 0.3 is 17.6 Å². The highest BCUT2D eigenvalue weighted by Crippen LogP contribution is 2.46. The normalized spacial score (nSPS) is 21.9. The Morgan fingerprint density at radius 3 is 2.64 bits per heavy atom. The molecule has 2 aromatic rings. The van der Waals surface area contributed by atoms with Gasteiger partial charge in [0.2, 0.25) is 0 Å². The van der Waals surface area contributed by atoms with E-state index in [0.29, 0.717) is 11.0 Å². The molecule has 1 aliphatic carbocycles. The summed E-state index contributed by atoms with van der Waals surface area (Å²) in [5.74, 6) is -4.06. The summed E-state index contributed by atoms with van der Waals surface area (Å²) in [5.41, 5.74) is -1.06. The highest BCUT2D eigenvalue weighted by molar-refractivity contribution is 8.00. The Balaban J connectivity index is 1.59. The smallest absolute Gasteiger partial charge is 0.349 e. The Kier molecular flexibility index (Phi) is 6.26. The summed E-state index contributed by atoms with van der Waals surface area (Å²) in [4.78, 5) is 61.3. The molecule has 33 heavy (non-hydrogen) atoms. The fourth-order valence-corrected chi connectivity index (χ4v) is 6.01. The molecule has 1 saturated carbocycles. The zero-order chi connectivity index (χ0) is 24.0. The molecule has 3 atom stereocenters. The number of halogens is 2. The third-order valence-corrected chi connectivity index (χ3v) is 7.45. The quantitative estimate of drug-likeness (QED) is 0.457. The van der Waals surface area contributed by atoms with Gasteiger partial charge in [0.15, 0.2) is 11.4 Å². The molecule has 2 heterocycles. The molecule has 172 valence electrons. The zero-order valence-corrected chi connectivity index (χ0v) is 19.2. The van der Waals surface area contributed by atoms with Crippen molar-refractivity contribution >= 4 is 69.6 Å². The molecule has 9 nitrogen and oxygen atoms in total. The van der Waals surface area contributed by atoms with E-state index in [2.05, 4.69) is 10.1 Å². The van der Waals surface area contributed by atoms with Gasteiger partial charge in [-0.25, -0.2) is 9.59 Å². The van der Waals surface area contributed by atoms with Crippen LogP contribution in [0.25, 0.3) is 11.0 Å². The lowest BCUT2D eigenvalue weighted by atomic mass is 9.71. The topological polar surface area (TPSA) is 140 Å². The molecule has 1 amide bonds. The van der Waals surface area contributed by atoms with Crippen molar-refractivity contribution in [3.05, 3.63) is 55.4 Å². The Bertz CT molecular complexity index is 1320. The van der Waals surface area contributed by atoms with E-state index in [-0.39, 0.29) is 38.9 Å². The van der Waals surface area contributed by atoms with Gasteiger partial charge in [0.1, 0.15) is 11.6 Å². The average molecular weight is 512 g/mol. The molecule has 0 saturated heterocycles. The molecule has 0 spiro atoms. The van der Waals surface area contributed by atoms with Crippen molar-refractivity contribution in [1.82, 2.24) is 5.32 Å². The van der Waals surface area contributed by atoms with E-state index in [1.165, 1.54) is 37.1 Å². The molecule has 0 bridgehead atoms. The molecule has 1 fully saturated rings. The van der Waals surface area contributed by atoms with Gasteiger partial charge in [0, 0.05) is 27.0 Å². The lowest BCUT2D eigenvalue weighted by molar-refractivity contribution is -0.140. The Morgan fingerprint density at radius 1 is 1.24 bits per heavy atom. The standard InChI is InChI=1S/C21H15Cl2NO8S/c1-31-12(25)4-8-6-33-18-14(13(8)20(28)29)16(26)15(18)24-19(27)10-3-7-2-9(22)5-11(23)17(7)32-21(10)30/h2-3,5,14-15,18H,4,6H2,1H3,(H,24,27)(H,28,29). The van der Waals surface area contributed by atoms with Crippen molar-refractivity contribution in [2.75, 3.05) is 12.9 Å². The first kappa shape index (κ1) is 23.3. The minimum atomic E-state index is -1.30. The van der Waals surface area contributed by atoms with Crippen LogP contribution in [0.1, 0.15) is 16.8 Å². The lowest BCUT2D eigenvalue weighted by Crippen LogP contribution is -2.65. The van der Waals surface area contributed by atoms with E-state index in [1.807, 2.05) is 0 Å². The van der Waals surface area contributed by atoms with Gasteiger partial charge in [-0.2, -0.15) is 11.8 Å². The van der Waals surface area contributed by atoms with Gasteiger partial charge in [0.25, 0.3) is 5.91 Å². The van der Waals surface area contributed by atoms with Gasteiger partial charge in [-0.05, 0) is 23.8 Å². The number of carboxylic acid groups (broad SMARTS) is 1. The molecule has 2 aliphatic rings. The fraction of sp³-hybridized carbons (Fsp3) is 0.286. The summed E-state index contributed by atoms with van der Waals surface area (Å²) in [5, 5.41) is 12.3. The molecule has 1 aliphatic heterocycles. The number of Topliss-reactive ketones (excluding diaryl/α,β-unsaturated/α-hetero) is 1. The molecular weight excluding hydrogens is 497 g/mol. The third kappa shape index (κ3) is 4.14. The number of amides is 1. The Morgan fingerprint density at radius 2 is 1.97 bits per heavy atom. The van der Waals surface area contributed by atoms with Crippen molar-refractivity contribution in [2.45, 2.75) is 17.7 Å². The second kappa shape index (κ2) is 8.85. The summed E-state index contributed by atoms with van der Waals surface area (Å²) >= 11 is 13.2. The van der Waals surface area contributed by atoms with Crippen molar-refractivity contribution in [1.29, 1.82) is 0 Å². The SMILES string of the molecule is COC(=O)CC1=C(C(=O)O)C2C(=O)C(NC(=O)c3cc4cc(Cl)cc(Cl)c4oc3=O)C2SC1. The minimum absolute atomic E-state index is 0.0691. The summed E-state index contributed by atoms with van der Waals surface area (Å²) in [7, 11) is 1.19. The molecule has 2 N–H and O–H groups in total. The van der Waals surface area contributed by atoms with Crippen LogP contribution in [-0.4, -0.2) is 52.9 Å². The number of ether oxygens (including phenoxy) is 1. The third-order valence-electron chi connectivity index (χ3n) is 5.51. The molecule has 4 rings (SSSR count). The van der Waals surface area contributed by atoms with Crippen LogP contribution in [0.15, 0.2) is 38.6 Å². The Labute approximate surface area is 200 Å². The summed E-state index contributed by atoms with van der Waals surface area (Å²) in [6.45, 7) is 0. The number of ketones is 1. The number of carbonyl (C=O) groups is 4. The van der Waals surface area contributed by atoms with Gasteiger partial charge in [-0.3, -0.25) is 14.4 Å². The second-order valence-electron chi connectivity index (χ2n) is 7.44. The maximum Gasteiger partial charge on any atom is 0.349 e. The average Bonchev–Trinajstić information content (AvgIpc) is 2.76. The number of fused-ring (bicyclic) bond motifs is 2. The van der Waals surface area contributed by atoms with Crippen LogP contribution in [-0.2, 0) is 19.1 Å². The van der Waals surface area contributed by atoms with Crippen molar-refractivity contribution in [2.24, 2.45) is 5.92 Å². The first-order chi connectivity index (χ1) is 15.6. The van der Waals surface area contributed by atoms with Gasteiger partial charge in [0.05, 0.1) is 24.5 Å². The van der Waals surface area contributed by atoms with Crippen molar-refractivity contribution in [3.8, 4) is 0 Å². The largest absolute Gasteiger partial charge is 0.478 e. The highest BCUT2D eigenvalue weighted by Gasteiger charge is 2.56. The Hall–Kier alpha value is -2.82. The maximum absolute atomic E-state index is 12.8. The number of carboxylic acids is 1. The second-order valence-corrected chi connectivity index (χ2v) is 9.45. The zero-order valence-electron chi connectivity index (χ0n) is 16.8. The van der Waals surface area contributed by atoms with Crippen LogP contribution in [0.4, 0.5) is 0 Å². The molecule has 1 aromatic heterocycles. The highest BCUT2D eigenvalue weighted by atomic mass is 35.5. The number of hydrogen-bond donors (Lipinski definition) is 2. The van der Waals surface area contributed by atoms with E-state index in [9.17, 15) is 29.1 Å². The maximum atomic E-state index is 12.8. The molecule has 12 heteroatoms. The van der Waals surface area contributed by atoms with Crippen LogP contribution in [0, 0.1) is 5.92 Å². The number of thioether (sulfide) groups is 1. The lowest BCUT2D eigenvalue weighted by Gasteiger charge is -2.46. The summed E-state index contributed by atoms with van der Waals surface area (Å²) in [6.07, 6.45) is -0.234. The van der Waals surface area contributed by atoms with E-state index in [4.69, 9.17) is 27.6 Å². The number of esters is 1. The number of methoxy groups -OCH3 is 1. The van der Waals surface area contributed by atoms with Gasteiger partial charge < -0.3 is 19.6 Å². The molecule has 0 radical (unpaired) electrons. The first-order valence-corrected chi connectivity index (χ1v) is 11.3. The number of carbonyl (C=O) groups excluding carboxylic acids is 3. The first-order valence-electron chi connectivity index (χ1n) is 9.53. The van der Waals surface area contributed by atoms with Gasteiger partial charge in [-0.15, -0.1) is 0 Å². The van der Waals surface area contributed by atoms with E-state index in [1.54, 1.807) is 0 Å². The molecular formula is C21H15Cl2NO8S. The van der Waals surface area contributed by atoms with Crippen LogP contribution in [0.2, 0.25) is 10.0 Å². The monoisotopic (exact) mass is 511 g/mol. The van der Waals surface area contributed by atoms with E-state index in [0.717, 1.165) is 0 Å². The fourth-order valence-electron chi connectivity index (χ4n) is 3.95. The number of rotatable bonds is 5. The van der Waals surface area contributed by atoms with Crippen molar-refractivity contribution < 1.29 is 33.4 Å². The van der Waals surface area contributed by atoms with Crippen LogP contribution in [0.5, 0.6) is 0 Å². The minimum Gasteiger partial charge on any atom is -0.478 e. The number of hydrogen-bond acceptors (Lipinski definition) is 8. The number of aliphatic carboxylic acids is 1. The van der Waals surface area contributed by atoms with E-state index < -0.39 is 46.5 Å². The number of nitrogens with one attached hydrogen (secondary N) is 1. The molecule has 1 aromatic carbocycles. The summed E-state index contributed by atoms with van der Waals surface area (Å²) in [6, 6.07) is 3.12. The van der Waals surface area contributed by atoms with Crippen LogP contribution in [0.3, 0.4) is 0 Å². The predicted octanol–water partition coefficient (Wildman–Crippen LogP) is 2.46. The van der Waals surface area contributed by atoms with Crippen LogP contribution < -0.4 is 10.9 Å². The summed E-state index contributed by atoms with van der Waals surface area (Å²) < 4.78 is 9.75. The molecule has 3 unspecified atom stereocenters. The predicted molar refractivity (Wildman–Crippen MR) is 120 cm³/mol. The van der Waals surface area contributed by atoms with Gasteiger partial charge in [-0.1, -0.05) is 23.2 Å². The van der Waals surface area contributed by atoms with E-state index >= 15 is 0 Å².